The van der Waals surface area contributed by atoms with Crippen LogP contribution in [0.3, 0.4) is 0 Å². The van der Waals surface area contributed by atoms with Gasteiger partial charge in [0.05, 0.1) is 30.8 Å². The van der Waals surface area contributed by atoms with Crippen LogP contribution in [0.4, 0.5) is 0 Å². The van der Waals surface area contributed by atoms with Crippen molar-refractivity contribution < 1.29 is 17.9 Å². The zero-order valence-corrected chi connectivity index (χ0v) is 16.3. The van der Waals surface area contributed by atoms with E-state index in [1.54, 1.807) is 42.0 Å². The Labute approximate surface area is 158 Å². The molecule has 2 heterocycles. The van der Waals surface area contributed by atoms with E-state index in [0.29, 0.717) is 42.6 Å². The maximum atomic E-state index is 12.5. The van der Waals surface area contributed by atoms with Crippen LogP contribution in [0.15, 0.2) is 40.2 Å². The van der Waals surface area contributed by atoms with Crippen molar-refractivity contribution in [3.8, 4) is 16.9 Å². The molecule has 2 aliphatic rings. The Morgan fingerprint density at radius 3 is 2.56 bits per heavy atom. The Kier molecular flexibility index (Phi) is 4.60. The van der Waals surface area contributed by atoms with E-state index in [9.17, 15) is 13.2 Å². The second kappa shape index (κ2) is 6.80. The normalized spacial score (nSPS) is 17.6. The zero-order valence-electron chi connectivity index (χ0n) is 15.5. The molecule has 1 aliphatic carbocycles. The van der Waals surface area contributed by atoms with E-state index in [4.69, 9.17) is 9.47 Å². The van der Waals surface area contributed by atoms with Gasteiger partial charge in [0.15, 0.2) is 9.84 Å². The number of nitrogens with zero attached hydrogens (tertiary/aromatic N) is 1. The number of hydrogen-bond donors (Lipinski definition) is 0. The molecule has 144 valence electrons. The molecule has 27 heavy (non-hydrogen) atoms. The first-order chi connectivity index (χ1) is 12.8. The summed E-state index contributed by atoms with van der Waals surface area (Å²) in [4.78, 5) is 12.7. The van der Waals surface area contributed by atoms with Gasteiger partial charge in [-0.2, -0.15) is 0 Å². The third-order valence-electron chi connectivity index (χ3n) is 5.10. The van der Waals surface area contributed by atoms with Gasteiger partial charge in [-0.1, -0.05) is 0 Å². The van der Waals surface area contributed by atoms with E-state index in [1.807, 2.05) is 0 Å². The fourth-order valence-corrected chi connectivity index (χ4v) is 3.78. The summed E-state index contributed by atoms with van der Waals surface area (Å²) in [5.74, 6) is 1.22. The Bertz CT molecular complexity index is 1030. The molecule has 6 nitrogen and oxygen atoms in total. The third kappa shape index (κ3) is 3.80. The van der Waals surface area contributed by atoms with Gasteiger partial charge in [-0.05, 0) is 49.9 Å². The minimum absolute atomic E-state index is 0.0186. The first-order valence-corrected chi connectivity index (χ1v) is 11.0. The fraction of sp³-hybridized carbons (Fsp3) is 0.450. The van der Waals surface area contributed by atoms with Gasteiger partial charge in [-0.3, -0.25) is 4.79 Å². The largest absolute Gasteiger partial charge is 0.493 e. The summed E-state index contributed by atoms with van der Waals surface area (Å²) in [6, 6.07) is 6.74. The first kappa shape index (κ1) is 18.3. The van der Waals surface area contributed by atoms with Crippen molar-refractivity contribution in [3.63, 3.8) is 0 Å². The summed E-state index contributed by atoms with van der Waals surface area (Å²) in [6.07, 6.45) is 5.31. The molecule has 1 aromatic carbocycles. The Balaban J connectivity index is 1.82. The van der Waals surface area contributed by atoms with Crippen LogP contribution in [0.2, 0.25) is 0 Å². The van der Waals surface area contributed by atoms with Crippen LogP contribution in [0.1, 0.15) is 24.4 Å². The predicted molar refractivity (Wildman–Crippen MR) is 102 cm³/mol. The van der Waals surface area contributed by atoms with Gasteiger partial charge in [0, 0.05) is 29.1 Å². The molecule has 1 saturated carbocycles. The number of rotatable bonds is 6. The van der Waals surface area contributed by atoms with E-state index >= 15 is 0 Å². The summed E-state index contributed by atoms with van der Waals surface area (Å²) >= 11 is 0. The molecule has 0 spiro atoms. The van der Waals surface area contributed by atoms with E-state index < -0.39 is 9.84 Å². The second-order valence-corrected chi connectivity index (χ2v) is 9.52. The van der Waals surface area contributed by atoms with Gasteiger partial charge in [0.2, 0.25) is 0 Å². The summed E-state index contributed by atoms with van der Waals surface area (Å²) in [5, 5.41) is 0. The average Bonchev–Trinajstić information content (AvgIpc) is 3.38. The summed E-state index contributed by atoms with van der Waals surface area (Å²) in [7, 11) is -3.35. The lowest BCUT2D eigenvalue weighted by Crippen LogP contribution is -2.37. The zero-order chi connectivity index (χ0) is 19.2. The van der Waals surface area contributed by atoms with Crippen LogP contribution in [-0.2, 0) is 14.6 Å². The van der Waals surface area contributed by atoms with Gasteiger partial charge in [-0.25, -0.2) is 8.42 Å². The van der Waals surface area contributed by atoms with Crippen molar-refractivity contribution >= 4 is 9.84 Å². The number of hydrogen-bond acceptors (Lipinski definition) is 5. The molecule has 1 aromatic heterocycles. The molecule has 1 aliphatic heterocycles. The SMILES string of the molecule is Cc1cc(-c2cc(S(C)(=O)=O)ccc2OCC2CC2)cn(C2COC2)c1=O. The second-order valence-electron chi connectivity index (χ2n) is 7.50. The van der Waals surface area contributed by atoms with Crippen molar-refractivity contribution in [1.82, 2.24) is 4.57 Å². The first-order valence-electron chi connectivity index (χ1n) is 9.11. The molecule has 1 saturated heterocycles. The molecule has 0 atom stereocenters. The van der Waals surface area contributed by atoms with Gasteiger partial charge >= 0.3 is 0 Å². The fourth-order valence-electron chi connectivity index (χ4n) is 3.13. The summed E-state index contributed by atoms with van der Waals surface area (Å²) < 4.78 is 37.0. The van der Waals surface area contributed by atoms with Gasteiger partial charge < -0.3 is 14.0 Å². The molecular formula is C20H23NO5S. The molecule has 0 bridgehead atoms. The van der Waals surface area contributed by atoms with Crippen molar-refractivity contribution in [2.75, 3.05) is 26.1 Å². The highest BCUT2D eigenvalue weighted by Crippen LogP contribution is 2.35. The van der Waals surface area contributed by atoms with Crippen molar-refractivity contribution in [2.24, 2.45) is 5.92 Å². The van der Waals surface area contributed by atoms with Crippen LogP contribution in [0.5, 0.6) is 5.75 Å². The maximum absolute atomic E-state index is 12.5. The van der Waals surface area contributed by atoms with Crippen LogP contribution in [0, 0.1) is 12.8 Å². The van der Waals surface area contributed by atoms with Crippen LogP contribution in [-0.4, -0.2) is 39.1 Å². The molecule has 0 unspecified atom stereocenters. The molecule has 4 rings (SSSR count). The summed E-state index contributed by atoms with van der Waals surface area (Å²) in [5.41, 5.74) is 2.02. The predicted octanol–water partition coefficient (Wildman–Crippen LogP) is 2.59. The Morgan fingerprint density at radius 2 is 1.96 bits per heavy atom. The monoisotopic (exact) mass is 389 g/mol. The number of sulfone groups is 1. The van der Waals surface area contributed by atoms with Crippen molar-refractivity contribution in [3.05, 3.63) is 46.4 Å². The molecule has 2 aromatic rings. The highest BCUT2D eigenvalue weighted by molar-refractivity contribution is 7.90. The maximum Gasteiger partial charge on any atom is 0.253 e. The Hall–Kier alpha value is -2.12. The number of aryl methyl sites for hydroxylation is 1. The number of ether oxygens (including phenoxy) is 2. The average molecular weight is 389 g/mol. The quantitative estimate of drug-likeness (QED) is 0.759. The van der Waals surface area contributed by atoms with Gasteiger partial charge in [0.1, 0.15) is 5.75 Å². The molecule has 0 N–H and O–H groups in total. The highest BCUT2D eigenvalue weighted by atomic mass is 32.2. The van der Waals surface area contributed by atoms with Gasteiger partial charge in [-0.15, -0.1) is 0 Å². The molecular weight excluding hydrogens is 366 g/mol. The number of pyridine rings is 1. The van der Waals surface area contributed by atoms with Crippen LogP contribution in [0.25, 0.3) is 11.1 Å². The van der Waals surface area contributed by atoms with E-state index in [1.165, 1.54) is 19.1 Å². The molecule has 0 amide bonds. The number of aromatic nitrogens is 1. The van der Waals surface area contributed by atoms with E-state index in [-0.39, 0.29) is 16.5 Å². The molecule has 7 heteroatoms. The summed E-state index contributed by atoms with van der Waals surface area (Å²) in [6.45, 7) is 3.42. The lowest BCUT2D eigenvalue weighted by molar-refractivity contribution is -0.0248. The smallest absolute Gasteiger partial charge is 0.253 e. The molecule has 2 fully saturated rings. The van der Waals surface area contributed by atoms with Gasteiger partial charge in [0.25, 0.3) is 5.56 Å². The van der Waals surface area contributed by atoms with E-state index in [0.717, 1.165) is 5.56 Å². The van der Waals surface area contributed by atoms with Crippen LogP contribution < -0.4 is 10.3 Å². The lowest BCUT2D eigenvalue weighted by atomic mass is 10.0. The van der Waals surface area contributed by atoms with Crippen LogP contribution >= 0.6 is 0 Å². The number of benzene rings is 1. The van der Waals surface area contributed by atoms with Crippen molar-refractivity contribution in [1.29, 1.82) is 0 Å². The third-order valence-corrected chi connectivity index (χ3v) is 6.21. The van der Waals surface area contributed by atoms with Crippen molar-refractivity contribution in [2.45, 2.75) is 30.7 Å². The minimum Gasteiger partial charge on any atom is -0.493 e. The Morgan fingerprint density at radius 1 is 1.22 bits per heavy atom. The topological polar surface area (TPSA) is 74.6 Å². The lowest BCUT2D eigenvalue weighted by Gasteiger charge is -2.28. The standard InChI is InChI=1S/C20H23NO5S/c1-13-7-15(9-21(20(13)22)16-11-25-12-16)18-8-17(27(2,23)24)5-6-19(18)26-10-14-3-4-14/h5-9,14,16H,3-4,10-12H2,1-2H3. The molecule has 0 radical (unpaired) electrons. The highest BCUT2D eigenvalue weighted by Gasteiger charge is 2.25. The minimum atomic E-state index is -3.35. The van der Waals surface area contributed by atoms with E-state index in [2.05, 4.69) is 0 Å².